The molecule has 0 fully saturated rings. The molecule has 1 aliphatic rings. The largest absolute Gasteiger partial charge is 0.480 e. The molecule has 2 aromatic rings. The molecule has 1 aliphatic carbocycles. The van der Waals surface area contributed by atoms with Gasteiger partial charge in [-0.25, -0.2) is 9.07 Å². The molecule has 1 heterocycles. The van der Waals surface area contributed by atoms with Gasteiger partial charge in [-0.15, -0.1) is 0 Å². The molecule has 0 bridgehead atoms. The first-order valence-corrected chi connectivity index (χ1v) is 8.50. The van der Waals surface area contributed by atoms with E-state index in [2.05, 4.69) is 5.10 Å². The zero-order chi connectivity index (χ0) is 19.1. The Morgan fingerprint density at radius 2 is 1.88 bits per heavy atom. The fourth-order valence-electron chi connectivity index (χ4n) is 3.71. The lowest BCUT2D eigenvalue weighted by Crippen LogP contribution is -2.48. The monoisotopic (exact) mass is 356 g/mol. The number of carboxylic acids is 1. The molecule has 0 amide bonds. The van der Waals surface area contributed by atoms with Crippen LogP contribution in [0.25, 0.3) is 0 Å². The van der Waals surface area contributed by atoms with Gasteiger partial charge in [0.05, 0.1) is 5.69 Å². The zero-order valence-corrected chi connectivity index (χ0v) is 15.0. The summed E-state index contributed by atoms with van der Waals surface area (Å²) in [6.07, 6.45) is 2.49. The van der Waals surface area contributed by atoms with E-state index in [1.165, 1.54) is 16.8 Å². The van der Waals surface area contributed by atoms with Crippen molar-refractivity contribution in [1.82, 2.24) is 9.78 Å². The summed E-state index contributed by atoms with van der Waals surface area (Å²) in [4.78, 5) is 25.8. The lowest BCUT2D eigenvalue weighted by Gasteiger charge is -2.38. The topological polar surface area (TPSA) is 72.2 Å². The molecule has 2 atom stereocenters. The number of allylic oxidation sites excluding steroid dienone is 2. The van der Waals surface area contributed by atoms with Crippen LogP contribution >= 0.6 is 0 Å². The van der Waals surface area contributed by atoms with Crippen LogP contribution in [0.15, 0.2) is 42.0 Å². The van der Waals surface area contributed by atoms with Gasteiger partial charge in [0.15, 0.2) is 5.41 Å². The maximum atomic E-state index is 13.4. The molecule has 0 spiro atoms. The molecule has 0 radical (unpaired) electrons. The fraction of sp³-hybridized carbons (Fsp3) is 0.350. The van der Waals surface area contributed by atoms with Crippen molar-refractivity contribution in [3.63, 3.8) is 0 Å². The maximum Gasteiger partial charge on any atom is 0.320 e. The summed E-state index contributed by atoms with van der Waals surface area (Å²) < 4.78 is 14.5. The molecule has 26 heavy (non-hydrogen) atoms. The number of aliphatic carboxylic acids is 1. The summed E-state index contributed by atoms with van der Waals surface area (Å²) in [6, 6.07) is 7.40. The normalized spacial score (nSPS) is 22.8. The van der Waals surface area contributed by atoms with Crippen LogP contribution in [0.5, 0.6) is 0 Å². The lowest BCUT2D eigenvalue weighted by atomic mass is 9.64. The highest BCUT2D eigenvalue weighted by Crippen LogP contribution is 2.47. The minimum absolute atomic E-state index is 0.171. The van der Waals surface area contributed by atoms with Gasteiger partial charge in [-0.3, -0.25) is 9.59 Å². The number of carboxylic acid groups (broad SMARTS) is 1. The average Bonchev–Trinajstić information content (AvgIpc) is 2.93. The van der Waals surface area contributed by atoms with Gasteiger partial charge in [0.2, 0.25) is 0 Å². The van der Waals surface area contributed by atoms with Crippen molar-refractivity contribution in [2.45, 2.75) is 39.5 Å². The highest BCUT2D eigenvalue weighted by atomic mass is 19.1. The molecule has 0 saturated heterocycles. The van der Waals surface area contributed by atoms with E-state index in [-0.39, 0.29) is 6.42 Å². The van der Waals surface area contributed by atoms with Crippen LogP contribution in [-0.2, 0) is 4.79 Å². The van der Waals surface area contributed by atoms with Crippen LogP contribution < -0.4 is 0 Å². The van der Waals surface area contributed by atoms with E-state index in [0.29, 0.717) is 23.4 Å². The fourth-order valence-corrected chi connectivity index (χ4v) is 3.71. The number of nitrogens with zero attached hydrogens (tertiary/aromatic N) is 2. The van der Waals surface area contributed by atoms with Gasteiger partial charge in [-0.1, -0.05) is 23.8 Å². The van der Waals surface area contributed by atoms with Crippen molar-refractivity contribution >= 4 is 11.9 Å². The third-order valence-electron chi connectivity index (χ3n) is 5.09. The van der Waals surface area contributed by atoms with Gasteiger partial charge in [-0.05, 0) is 57.4 Å². The van der Waals surface area contributed by atoms with Gasteiger partial charge >= 0.3 is 5.97 Å². The first kappa shape index (κ1) is 18.0. The molecular formula is C20H21FN2O3. The second-order valence-electron chi connectivity index (χ2n) is 6.96. The van der Waals surface area contributed by atoms with E-state index in [1.807, 2.05) is 13.0 Å². The van der Waals surface area contributed by atoms with Crippen LogP contribution in [0.3, 0.4) is 0 Å². The van der Waals surface area contributed by atoms with Crippen LogP contribution in [0.1, 0.15) is 47.4 Å². The number of hydrogen-bond acceptors (Lipinski definition) is 3. The number of benzene rings is 1. The SMILES string of the molecule is CC1=C[C@@H](c2ccc(F)cc2)[C@@](C(=O)O)(C(=O)n2nc(C)cc2C)CC1. The zero-order valence-electron chi connectivity index (χ0n) is 15.0. The van der Waals surface area contributed by atoms with E-state index < -0.39 is 29.0 Å². The smallest absolute Gasteiger partial charge is 0.320 e. The predicted molar refractivity (Wildman–Crippen MR) is 94.5 cm³/mol. The van der Waals surface area contributed by atoms with Gasteiger partial charge in [0, 0.05) is 11.6 Å². The first-order valence-electron chi connectivity index (χ1n) is 8.50. The minimum atomic E-state index is -1.68. The van der Waals surface area contributed by atoms with Crippen molar-refractivity contribution in [1.29, 1.82) is 0 Å². The van der Waals surface area contributed by atoms with Crippen molar-refractivity contribution in [2.75, 3.05) is 0 Å². The number of carbonyl (C=O) groups is 2. The molecule has 5 nitrogen and oxygen atoms in total. The third kappa shape index (κ3) is 2.85. The van der Waals surface area contributed by atoms with Gasteiger partial charge in [-0.2, -0.15) is 5.10 Å². The van der Waals surface area contributed by atoms with Crippen molar-refractivity contribution in [2.24, 2.45) is 5.41 Å². The lowest BCUT2D eigenvalue weighted by molar-refractivity contribution is -0.147. The Morgan fingerprint density at radius 1 is 1.23 bits per heavy atom. The number of rotatable bonds is 3. The van der Waals surface area contributed by atoms with Crippen molar-refractivity contribution < 1.29 is 19.1 Å². The van der Waals surface area contributed by atoms with Gasteiger partial charge in [0.25, 0.3) is 5.91 Å². The Labute approximate surface area is 151 Å². The second kappa shape index (κ2) is 6.52. The number of aryl methyl sites for hydroxylation is 2. The Kier molecular flexibility index (Phi) is 4.52. The molecule has 6 heteroatoms. The Hall–Kier alpha value is -2.76. The summed E-state index contributed by atoms with van der Waals surface area (Å²) in [6.45, 7) is 5.40. The van der Waals surface area contributed by atoms with Gasteiger partial charge < -0.3 is 5.11 Å². The van der Waals surface area contributed by atoms with E-state index in [1.54, 1.807) is 32.0 Å². The highest BCUT2D eigenvalue weighted by Gasteiger charge is 2.54. The molecule has 1 N–H and O–H groups in total. The van der Waals surface area contributed by atoms with Crippen molar-refractivity contribution in [3.05, 3.63) is 64.7 Å². The van der Waals surface area contributed by atoms with E-state index in [4.69, 9.17) is 0 Å². The molecule has 136 valence electrons. The molecule has 0 saturated carbocycles. The molecule has 1 aromatic heterocycles. The first-order chi connectivity index (χ1) is 12.3. The summed E-state index contributed by atoms with van der Waals surface area (Å²) in [5.41, 5.74) is 1.18. The number of halogens is 1. The summed E-state index contributed by atoms with van der Waals surface area (Å²) in [7, 11) is 0. The number of hydrogen-bond donors (Lipinski definition) is 1. The third-order valence-corrected chi connectivity index (χ3v) is 5.09. The van der Waals surface area contributed by atoms with E-state index >= 15 is 0 Å². The predicted octanol–water partition coefficient (Wildman–Crippen LogP) is 3.87. The molecule has 3 rings (SSSR count). The van der Waals surface area contributed by atoms with Crippen LogP contribution in [0.2, 0.25) is 0 Å². The van der Waals surface area contributed by atoms with Gasteiger partial charge in [0.1, 0.15) is 5.82 Å². The van der Waals surface area contributed by atoms with Crippen molar-refractivity contribution in [3.8, 4) is 0 Å². The highest BCUT2D eigenvalue weighted by molar-refractivity contribution is 6.04. The summed E-state index contributed by atoms with van der Waals surface area (Å²) in [5.74, 6) is -2.84. The number of carbonyl (C=O) groups excluding carboxylic acids is 1. The van der Waals surface area contributed by atoms with Crippen LogP contribution in [0.4, 0.5) is 4.39 Å². The van der Waals surface area contributed by atoms with E-state index in [0.717, 1.165) is 5.57 Å². The summed E-state index contributed by atoms with van der Waals surface area (Å²) >= 11 is 0. The molecule has 0 unspecified atom stereocenters. The second-order valence-corrected chi connectivity index (χ2v) is 6.96. The van der Waals surface area contributed by atoms with Crippen LogP contribution in [0, 0.1) is 25.1 Å². The minimum Gasteiger partial charge on any atom is -0.480 e. The maximum absolute atomic E-state index is 13.4. The summed E-state index contributed by atoms with van der Waals surface area (Å²) in [5, 5.41) is 14.3. The molecule has 0 aliphatic heterocycles. The molecule has 1 aromatic carbocycles. The Morgan fingerprint density at radius 3 is 2.42 bits per heavy atom. The Bertz CT molecular complexity index is 898. The average molecular weight is 356 g/mol. The molecular weight excluding hydrogens is 335 g/mol. The standard InChI is InChI=1S/C20H21FN2O3/c1-12-8-9-20(19(25)26,18(24)23-14(3)11-13(2)22-23)17(10-12)15-4-6-16(21)7-5-15/h4-7,10-11,17H,8-9H2,1-3H3,(H,25,26)/t17-,20+/m0/s1. The quantitative estimate of drug-likeness (QED) is 0.669. The van der Waals surface area contributed by atoms with Crippen LogP contribution in [-0.4, -0.2) is 26.8 Å². The Balaban J connectivity index is 2.19. The van der Waals surface area contributed by atoms with E-state index in [9.17, 15) is 19.1 Å². The number of aromatic nitrogens is 2.